The van der Waals surface area contributed by atoms with Crippen molar-refractivity contribution in [2.45, 2.75) is 31.7 Å². The van der Waals surface area contributed by atoms with Crippen molar-refractivity contribution in [1.29, 1.82) is 0 Å². The van der Waals surface area contributed by atoms with E-state index in [0.717, 1.165) is 28.4 Å². The van der Waals surface area contributed by atoms with Crippen molar-refractivity contribution in [3.05, 3.63) is 100.0 Å². The maximum atomic E-state index is 15.0. The smallest absolute Gasteiger partial charge is 0.163 e. The number of para-hydroxylation sites is 2. The average molecular weight is 463 g/mol. The van der Waals surface area contributed by atoms with Gasteiger partial charge in [-0.1, -0.05) is 41.9 Å². The van der Waals surface area contributed by atoms with E-state index in [9.17, 15) is 9.18 Å². The molecule has 6 heteroatoms. The number of hydrogen-bond acceptors (Lipinski definition) is 4. The van der Waals surface area contributed by atoms with Crippen molar-refractivity contribution in [2.75, 3.05) is 17.2 Å². The number of allylic oxidation sites excluding steroid dienone is 1. The van der Waals surface area contributed by atoms with Crippen molar-refractivity contribution in [3.63, 3.8) is 0 Å². The number of fused-ring (bicyclic) bond motifs is 1. The standard InChI is InChI=1S/C27H24ClFN2O2/c1-2-33-18-12-10-16(11-13-18)17-14-23-26(24(32)15-17)27(25-19(28)6-5-7-20(25)29)31-22-9-4-3-8-21(22)30-23/h3-13,17,27,30-31H,2,14-15H2,1H3. The highest BCUT2D eigenvalue weighted by Gasteiger charge is 2.37. The summed E-state index contributed by atoms with van der Waals surface area (Å²) in [7, 11) is 0. The van der Waals surface area contributed by atoms with Crippen molar-refractivity contribution < 1.29 is 13.9 Å². The number of rotatable bonds is 4. The van der Waals surface area contributed by atoms with Crippen molar-refractivity contribution >= 4 is 28.8 Å². The fourth-order valence-corrected chi connectivity index (χ4v) is 5.01. The number of halogens is 2. The first-order valence-electron chi connectivity index (χ1n) is 11.1. The molecule has 0 saturated heterocycles. The van der Waals surface area contributed by atoms with E-state index in [1.54, 1.807) is 12.1 Å². The van der Waals surface area contributed by atoms with Gasteiger partial charge in [-0.3, -0.25) is 4.79 Å². The number of ketones is 1. The summed E-state index contributed by atoms with van der Waals surface area (Å²) in [6.45, 7) is 2.55. The first kappa shape index (κ1) is 21.5. The van der Waals surface area contributed by atoms with Crippen molar-refractivity contribution in [2.24, 2.45) is 0 Å². The maximum Gasteiger partial charge on any atom is 0.163 e. The highest BCUT2D eigenvalue weighted by Crippen LogP contribution is 2.45. The van der Waals surface area contributed by atoms with Crippen LogP contribution in [-0.4, -0.2) is 12.4 Å². The van der Waals surface area contributed by atoms with E-state index in [-0.39, 0.29) is 17.3 Å². The van der Waals surface area contributed by atoms with Gasteiger partial charge in [0.1, 0.15) is 11.6 Å². The third-order valence-corrected chi connectivity index (χ3v) is 6.59. The molecular formula is C27H24ClFN2O2. The first-order chi connectivity index (χ1) is 16.0. The average Bonchev–Trinajstić information content (AvgIpc) is 2.96. The fraction of sp³-hybridized carbons (Fsp3) is 0.222. The van der Waals surface area contributed by atoms with E-state index in [2.05, 4.69) is 10.6 Å². The molecule has 5 rings (SSSR count). The van der Waals surface area contributed by atoms with Crippen LogP contribution in [-0.2, 0) is 4.79 Å². The Labute approximate surface area is 197 Å². The Morgan fingerprint density at radius 3 is 2.48 bits per heavy atom. The Bertz CT molecular complexity index is 1220. The lowest BCUT2D eigenvalue weighted by molar-refractivity contribution is -0.116. The second-order valence-corrected chi connectivity index (χ2v) is 8.71. The van der Waals surface area contributed by atoms with Gasteiger partial charge in [0.05, 0.1) is 24.0 Å². The van der Waals surface area contributed by atoms with Crippen LogP contribution in [0.5, 0.6) is 5.75 Å². The van der Waals surface area contributed by atoms with Gasteiger partial charge in [0, 0.05) is 28.3 Å². The third-order valence-electron chi connectivity index (χ3n) is 6.26. The molecule has 1 heterocycles. The summed E-state index contributed by atoms with van der Waals surface area (Å²) in [5.74, 6) is 0.365. The number of benzene rings is 3. The molecule has 33 heavy (non-hydrogen) atoms. The highest BCUT2D eigenvalue weighted by molar-refractivity contribution is 6.31. The third kappa shape index (κ3) is 4.09. The summed E-state index contributed by atoms with van der Waals surface area (Å²) in [5, 5.41) is 7.14. The number of Topliss-reactive ketones (excluding diaryl/α,β-unsaturated/α-hetero) is 1. The summed E-state index contributed by atoms with van der Waals surface area (Å²) in [5.41, 5.74) is 4.35. The van der Waals surface area contributed by atoms with Gasteiger partial charge in [0.25, 0.3) is 0 Å². The van der Waals surface area contributed by atoms with Crippen LogP contribution in [0.25, 0.3) is 0 Å². The van der Waals surface area contributed by atoms with Gasteiger partial charge in [-0.25, -0.2) is 4.39 Å². The van der Waals surface area contributed by atoms with Crippen LogP contribution in [0, 0.1) is 5.82 Å². The monoisotopic (exact) mass is 462 g/mol. The minimum absolute atomic E-state index is 0.0152. The number of nitrogens with one attached hydrogen (secondary N) is 2. The van der Waals surface area contributed by atoms with Crippen LogP contribution in [0.3, 0.4) is 0 Å². The predicted molar refractivity (Wildman–Crippen MR) is 129 cm³/mol. The van der Waals surface area contributed by atoms with Crippen LogP contribution < -0.4 is 15.4 Å². The molecule has 2 aliphatic rings. The van der Waals surface area contributed by atoms with Gasteiger partial charge in [0.2, 0.25) is 0 Å². The predicted octanol–water partition coefficient (Wildman–Crippen LogP) is 6.86. The quantitative estimate of drug-likeness (QED) is 0.444. The number of ether oxygens (including phenoxy) is 1. The van der Waals surface area contributed by atoms with Crippen LogP contribution >= 0.6 is 11.6 Å². The summed E-state index contributed by atoms with van der Waals surface area (Å²) < 4.78 is 20.5. The maximum absolute atomic E-state index is 15.0. The van der Waals surface area contributed by atoms with Gasteiger partial charge in [0.15, 0.2) is 5.78 Å². The first-order valence-corrected chi connectivity index (χ1v) is 11.5. The zero-order chi connectivity index (χ0) is 22.9. The molecule has 0 saturated carbocycles. The number of carbonyl (C=O) groups is 1. The Kier molecular flexibility index (Phi) is 5.81. The normalized spacial score (nSPS) is 19.7. The molecule has 0 aromatic heterocycles. The molecule has 1 aliphatic heterocycles. The minimum Gasteiger partial charge on any atom is -0.494 e. The number of carbonyl (C=O) groups excluding carboxylic acids is 1. The molecule has 0 spiro atoms. The molecule has 1 aliphatic carbocycles. The van der Waals surface area contributed by atoms with Crippen molar-refractivity contribution in [1.82, 2.24) is 0 Å². The van der Waals surface area contributed by atoms with Crippen molar-refractivity contribution in [3.8, 4) is 5.75 Å². The van der Waals surface area contributed by atoms with E-state index < -0.39 is 11.9 Å². The molecule has 2 N–H and O–H groups in total. The lowest BCUT2D eigenvalue weighted by Gasteiger charge is -2.30. The molecule has 0 bridgehead atoms. The Morgan fingerprint density at radius 1 is 1.00 bits per heavy atom. The minimum atomic E-state index is -0.682. The number of hydrogen-bond donors (Lipinski definition) is 2. The van der Waals surface area contributed by atoms with Crippen LogP contribution in [0.15, 0.2) is 78.0 Å². The number of anilines is 2. The molecule has 168 valence electrons. The second-order valence-electron chi connectivity index (χ2n) is 8.31. The molecule has 0 amide bonds. The molecular weight excluding hydrogens is 439 g/mol. The lowest BCUT2D eigenvalue weighted by Crippen LogP contribution is -2.27. The lowest BCUT2D eigenvalue weighted by atomic mass is 9.78. The molecule has 2 unspecified atom stereocenters. The van der Waals surface area contributed by atoms with Gasteiger partial charge in [-0.15, -0.1) is 0 Å². The molecule has 2 atom stereocenters. The van der Waals surface area contributed by atoms with E-state index in [1.165, 1.54) is 6.07 Å². The summed E-state index contributed by atoms with van der Waals surface area (Å²) in [4.78, 5) is 13.6. The zero-order valence-corrected chi connectivity index (χ0v) is 19.0. The van der Waals surface area contributed by atoms with Gasteiger partial charge < -0.3 is 15.4 Å². The summed E-state index contributed by atoms with van der Waals surface area (Å²) in [6.07, 6.45) is 0.975. The van der Waals surface area contributed by atoms with Gasteiger partial charge >= 0.3 is 0 Å². The molecule has 0 fully saturated rings. The summed E-state index contributed by atoms with van der Waals surface area (Å²) in [6, 6.07) is 19.5. The molecule has 3 aromatic rings. The Balaban J connectivity index is 1.58. The van der Waals surface area contributed by atoms with Crippen LogP contribution in [0.1, 0.15) is 42.9 Å². The van der Waals surface area contributed by atoms with E-state index in [4.69, 9.17) is 16.3 Å². The fourth-order valence-electron chi connectivity index (χ4n) is 4.73. The SMILES string of the molecule is CCOc1ccc(C2CC(=O)C3=C(C2)Nc2ccccc2NC3c2c(F)cccc2Cl)cc1. The largest absolute Gasteiger partial charge is 0.494 e. The zero-order valence-electron chi connectivity index (χ0n) is 18.2. The van der Waals surface area contributed by atoms with Crippen LogP contribution in [0.4, 0.5) is 15.8 Å². The van der Waals surface area contributed by atoms with E-state index in [0.29, 0.717) is 30.0 Å². The molecule has 0 radical (unpaired) electrons. The van der Waals surface area contributed by atoms with Gasteiger partial charge in [-0.2, -0.15) is 0 Å². The van der Waals surface area contributed by atoms with E-state index in [1.807, 2.05) is 55.5 Å². The van der Waals surface area contributed by atoms with Crippen LogP contribution in [0.2, 0.25) is 5.02 Å². The Morgan fingerprint density at radius 2 is 1.76 bits per heavy atom. The topological polar surface area (TPSA) is 50.4 Å². The summed E-state index contributed by atoms with van der Waals surface area (Å²) >= 11 is 6.44. The Hall–Kier alpha value is -3.31. The second kappa shape index (κ2) is 8.91. The molecule has 4 nitrogen and oxygen atoms in total. The molecule has 3 aromatic carbocycles. The van der Waals surface area contributed by atoms with E-state index >= 15 is 0 Å². The van der Waals surface area contributed by atoms with Gasteiger partial charge in [-0.05, 0) is 61.2 Å². The highest BCUT2D eigenvalue weighted by atomic mass is 35.5.